The summed E-state index contributed by atoms with van der Waals surface area (Å²) in [6.07, 6.45) is 1.95. The number of rotatable bonds is 6. The smallest absolute Gasteiger partial charge is 0.237 e. The van der Waals surface area contributed by atoms with Crippen LogP contribution in [0.4, 0.5) is 0 Å². The molecule has 0 saturated carbocycles. The number of thioether (sulfide) groups is 1. The van der Waals surface area contributed by atoms with Gasteiger partial charge in [0.1, 0.15) is 5.82 Å². The van der Waals surface area contributed by atoms with E-state index in [1.165, 1.54) is 17.3 Å². The van der Waals surface area contributed by atoms with Crippen molar-refractivity contribution in [2.24, 2.45) is 0 Å². The Kier molecular flexibility index (Phi) is 4.53. The minimum atomic E-state index is 0.558. The number of hydrogen-bond acceptors (Lipinski definition) is 6. The molecule has 2 aromatic heterocycles. The first-order chi connectivity index (χ1) is 10.7. The molecule has 1 N–H and O–H groups in total. The van der Waals surface area contributed by atoms with E-state index in [9.17, 15) is 0 Å². The van der Waals surface area contributed by atoms with Crippen LogP contribution in [0.1, 0.15) is 30.6 Å². The van der Waals surface area contributed by atoms with Crippen LogP contribution in [0.25, 0.3) is 11.4 Å². The van der Waals surface area contributed by atoms with Gasteiger partial charge in [0, 0.05) is 12.0 Å². The zero-order valence-electron chi connectivity index (χ0n) is 12.5. The molecular formula is C15H17N5OS. The molecule has 0 radical (unpaired) electrons. The molecule has 0 unspecified atom stereocenters. The fourth-order valence-corrected chi connectivity index (χ4v) is 2.61. The van der Waals surface area contributed by atoms with Crippen LogP contribution in [-0.4, -0.2) is 25.3 Å². The number of nitrogens with one attached hydrogen (secondary N) is 1. The average Bonchev–Trinajstić information content (AvgIpc) is 3.16. The van der Waals surface area contributed by atoms with E-state index in [-0.39, 0.29) is 0 Å². The van der Waals surface area contributed by atoms with E-state index in [0.29, 0.717) is 22.6 Å². The second kappa shape index (κ2) is 6.74. The topological polar surface area (TPSA) is 80.5 Å². The lowest BCUT2D eigenvalue weighted by atomic mass is 10.1. The van der Waals surface area contributed by atoms with Crippen LogP contribution in [0.2, 0.25) is 0 Å². The van der Waals surface area contributed by atoms with Crippen LogP contribution in [0.15, 0.2) is 33.9 Å². The number of benzene rings is 1. The van der Waals surface area contributed by atoms with Gasteiger partial charge < -0.3 is 4.52 Å². The molecule has 6 nitrogen and oxygen atoms in total. The largest absolute Gasteiger partial charge is 0.338 e. The molecule has 1 aromatic carbocycles. The Labute approximate surface area is 132 Å². The minimum absolute atomic E-state index is 0.558. The van der Waals surface area contributed by atoms with Crippen LogP contribution in [0, 0.1) is 6.92 Å². The minimum Gasteiger partial charge on any atom is -0.338 e. The molecule has 0 saturated heterocycles. The van der Waals surface area contributed by atoms with Gasteiger partial charge in [0.2, 0.25) is 16.9 Å². The number of nitrogens with zero attached hydrogens (tertiary/aromatic N) is 4. The molecule has 7 heteroatoms. The maximum atomic E-state index is 5.28. The summed E-state index contributed by atoms with van der Waals surface area (Å²) in [6.45, 7) is 4.16. The zero-order chi connectivity index (χ0) is 15.4. The first-order valence-electron chi connectivity index (χ1n) is 7.18. The first kappa shape index (κ1) is 14.8. The van der Waals surface area contributed by atoms with Gasteiger partial charge in [-0.05, 0) is 13.3 Å². The van der Waals surface area contributed by atoms with Crippen molar-refractivity contribution in [3.05, 3.63) is 41.5 Å². The van der Waals surface area contributed by atoms with Crippen molar-refractivity contribution in [2.75, 3.05) is 0 Å². The molecule has 3 rings (SSSR count). The number of aromatic nitrogens is 5. The Balaban J connectivity index is 1.62. The van der Waals surface area contributed by atoms with Crippen LogP contribution in [0.5, 0.6) is 0 Å². The summed E-state index contributed by atoms with van der Waals surface area (Å²) in [4.78, 5) is 8.80. The van der Waals surface area contributed by atoms with E-state index in [1.807, 2.05) is 31.2 Å². The first-order valence-corrected chi connectivity index (χ1v) is 8.17. The maximum Gasteiger partial charge on any atom is 0.237 e. The summed E-state index contributed by atoms with van der Waals surface area (Å²) < 4.78 is 5.28. The fourth-order valence-electron chi connectivity index (χ4n) is 1.95. The molecule has 0 bridgehead atoms. The van der Waals surface area contributed by atoms with E-state index < -0.39 is 0 Å². The number of H-pyrrole nitrogens is 1. The van der Waals surface area contributed by atoms with Crippen molar-refractivity contribution in [1.29, 1.82) is 0 Å². The molecule has 0 spiro atoms. The van der Waals surface area contributed by atoms with Gasteiger partial charge >= 0.3 is 0 Å². The Bertz CT molecular complexity index is 734. The highest BCUT2D eigenvalue weighted by molar-refractivity contribution is 7.98. The van der Waals surface area contributed by atoms with Crippen molar-refractivity contribution < 1.29 is 4.52 Å². The number of aryl methyl sites for hydroxylation is 2. The molecule has 0 amide bonds. The molecule has 0 aliphatic heterocycles. The standard InChI is InChI=1S/C15H17N5OS/c1-3-4-12-16-15(19-18-12)22-9-13-17-14(20-21-13)11-7-5-10(2)6-8-11/h5-8H,3-4,9H2,1-2H3,(H,16,18,19). The van der Waals surface area contributed by atoms with E-state index >= 15 is 0 Å². The van der Waals surface area contributed by atoms with E-state index in [1.54, 1.807) is 0 Å². The molecule has 0 atom stereocenters. The summed E-state index contributed by atoms with van der Waals surface area (Å²) >= 11 is 1.48. The molecule has 0 aliphatic rings. The molecule has 22 heavy (non-hydrogen) atoms. The van der Waals surface area contributed by atoms with Crippen molar-refractivity contribution in [2.45, 2.75) is 37.6 Å². The zero-order valence-corrected chi connectivity index (χ0v) is 13.4. The van der Waals surface area contributed by atoms with Crippen LogP contribution >= 0.6 is 11.8 Å². The highest BCUT2D eigenvalue weighted by atomic mass is 32.2. The summed E-state index contributed by atoms with van der Waals surface area (Å²) in [5.41, 5.74) is 2.16. The molecular weight excluding hydrogens is 298 g/mol. The Hall–Kier alpha value is -2.15. The molecule has 0 aliphatic carbocycles. The Morgan fingerprint density at radius 3 is 2.77 bits per heavy atom. The third-order valence-electron chi connectivity index (χ3n) is 3.10. The van der Waals surface area contributed by atoms with Gasteiger partial charge in [0.15, 0.2) is 0 Å². The highest BCUT2D eigenvalue weighted by Gasteiger charge is 2.10. The number of aromatic amines is 1. The molecule has 114 valence electrons. The highest BCUT2D eigenvalue weighted by Crippen LogP contribution is 2.21. The van der Waals surface area contributed by atoms with Gasteiger partial charge in [0.05, 0.1) is 5.75 Å². The van der Waals surface area contributed by atoms with E-state index in [0.717, 1.165) is 24.2 Å². The maximum absolute atomic E-state index is 5.28. The Morgan fingerprint density at radius 2 is 2.00 bits per heavy atom. The lowest BCUT2D eigenvalue weighted by Crippen LogP contribution is -1.85. The third kappa shape index (κ3) is 3.54. The normalized spacial score (nSPS) is 11.0. The fraction of sp³-hybridized carbons (Fsp3) is 0.333. The average molecular weight is 315 g/mol. The van der Waals surface area contributed by atoms with Crippen molar-refractivity contribution in [3.63, 3.8) is 0 Å². The van der Waals surface area contributed by atoms with Gasteiger partial charge in [-0.3, -0.25) is 5.10 Å². The summed E-state index contributed by atoms with van der Waals surface area (Å²) in [6, 6.07) is 8.04. The molecule has 2 heterocycles. The quantitative estimate of drug-likeness (QED) is 0.702. The summed E-state index contributed by atoms with van der Waals surface area (Å²) in [7, 11) is 0. The van der Waals surface area contributed by atoms with Crippen LogP contribution in [-0.2, 0) is 12.2 Å². The van der Waals surface area contributed by atoms with E-state index in [4.69, 9.17) is 4.52 Å². The van der Waals surface area contributed by atoms with Gasteiger partial charge in [-0.15, -0.1) is 5.10 Å². The lowest BCUT2D eigenvalue weighted by Gasteiger charge is -1.94. The predicted molar refractivity (Wildman–Crippen MR) is 84.4 cm³/mol. The second-order valence-electron chi connectivity index (χ2n) is 4.98. The van der Waals surface area contributed by atoms with Crippen molar-refractivity contribution in [3.8, 4) is 11.4 Å². The summed E-state index contributed by atoms with van der Waals surface area (Å²) in [5.74, 6) is 2.65. The predicted octanol–water partition coefficient (Wildman–Crippen LogP) is 3.41. The number of hydrogen-bond donors (Lipinski definition) is 1. The van der Waals surface area contributed by atoms with Gasteiger partial charge in [-0.2, -0.15) is 4.98 Å². The van der Waals surface area contributed by atoms with Crippen molar-refractivity contribution >= 4 is 11.8 Å². The summed E-state index contributed by atoms with van der Waals surface area (Å²) in [5, 5.41) is 11.8. The SMILES string of the molecule is CCCc1nc(SCc2nc(-c3ccc(C)cc3)no2)n[nH]1. The van der Waals surface area contributed by atoms with Gasteiger partial charge in [0.25, 0.3) is 0 Å². The second-order valence-corrected chi connectivity index (χ2v) is 5.92. The Morgan fingerprint density at radius 1 is 1.18 bits per heavy atom. The molecule has 3 aromatic rings. The van der Waals surface area contributed by atoms with E-state index in [2.05, 4.69) is 32.2 Å². The van der Waals surface area contributed by atoms with Gasteiger partial charge in [-0.25, -0.2) is 4.98 Å². The molecule has 0 fully saturated rings. The monoisotopic (exact) mass is 315 g/mol. The lowest BCUT2D eigenvalue weighted by molar-refractivity contribution is 0.391. The van der Waals surface area contributed by atoms with Crippen LogP contribution in [0.3, 0.4) is 0 Å². The third-order valence-corrected chi connectivity index (χ3v) is 3.93. The van der Waals surface area contributed by atoms with Crippen LogP contribution < -0.4 is 0 Å². The van der Waals surface area contributed by atoms with Crippen molar-refractivity contribution in [1.82, 2.24) is 25.3 Å². The van der Waals surface area contributed by atoms with Gasteiger partial charge in [-0.1, -0.05) is 53.7 Å².